The molecule has 64 heavy (non-hydrogen) atoms. The van der Waals surface area contributed by atoms with Gasteiger partial charge in [-0.25, -0.2) is 4.79 Å². The summed E-state index contributed by atoms with van der Waals surface area (Å²) in [5.41, 5.74) is 16.4. The number of thioether (sulfide) groups is 1. The summed E-state index contributed by atoms with van der Waals surface area (Å²) in [5, 5.41) is 45.5. The molecular formula is C38H65N11O14S. The lowest BCUT2D eigenvalue weighted by atomic mass is 9.97. The van der Waals surface area contributed by atoms with Crippen molar-refractivity contribution in [2.75, 3.05) is 25.2 Å². The number of hydrogen-bond donors (Lipinski definition) is 13. The molecular weight excluding hydrogens is 867 g/mol. The molecule has 1 saturated heterocycles. The van der Waals surface area contributed by atoms with Crippen molar-refractivity contribution in [3.63, 3.8) is 0 Å². The van der Waals surface area contributed by atoms with E-state index < -0.39 is 157 Å². The topological polar surface area (TPSA) is 414 Å². The van der Waals surface area contributed by atoms with Crippen LogP contribution in [0.1, 0.15) is 79.6 Å². The average Bonchev–Trinajstić information content (AvgIpc) is 3.73. The number of carbonyl (C=O) groups is 11. The van der Waals surface area contributed by atoms with E-state index in [1.54, 1.807) is 20.1 Å². The van der Waals surface area contributed by atoms with E-state index in [1.165, 1.54) is 37.4 Å². The zero-order chi connectivity index (χ0) is 49.0. The Morgan fingerprint density at radius 3 is 1.77 bits per heavy atom. The van der Waals surface area contributed by atoms with Crippen LogP contribution in [0.2, 0.25) is 0 Å². The van der Waals surface area contributed by atoms with E-state index in [2.05, 4.69) is 37.2 Å². The van der Waals surface area contributed by atoms with Gasteiger partial charge in [0, 0.05) is 13.0 Å². The normalized spacial score (nSPS) is 18.1. The molecule has 0 bridgehead atoms. The lowest BCUT2D eigenvalue weighted by Crippen LogP contribution is -2.61. The molecule has 0 spiro atoms. The zero-order valence-electron chi connectivity index (χ0n) is 36.8. The lowest BCUT2D eigenvalue weighted by Gasteiger charge is -2.29. The maximum Gasteiger partial charge on any atom is 0.326 e. The van der Waals surface area contributed by atoms with Crippen LogP contribution >= 0.6 is 11.8 Å². The number of aliphatic carboxylic acids is 1. The number of primary amides is 2. The van der Waals surface area contributed by atoms with E-state index in [4.69, 9.17) is 17.2 Å². The van der Waals surface area contributed by atoms with Crippen LogP contribution in [0.25, 0.3) is 0 Å². The summed E-state index contributed by atoms with van der Waals surface area (Å²) in [5.74, 6) is -10.8. The van der Waals surface area contributed by atoms with Crippen LogP contribution in [0.3, 0.4) is 0 Å². The van der Waals surface area contributed by atoms with Gasteiger partial charge >= 0.3 is 5.97 Å². The summed E-state index contributed by atoms with van der Waals surface area (Å²) in [7, 11) is 0. The third kappa shape index (κ3) is 18.2. The molecule has 1 heterocycles. The van der Waals surface area contributed by atoms with Crippen molar-refractivity contribution in [2.45, 2.75) is 140 Å². The van der Waals surface area contributed by atoms with Crippen LogP contribution in [-0.2, 0) is 52.7 Å². The molecule has 0 aromatic carbocycles. The quantitative estimate of drug-likeness (QED) is 0.0348. The minimum Gasteiger partial charge on any atom is -0.480 e. The van der Waals surface area contributed by atoms with Crippen molar-refractivity contribution in [3.05, 3.63) is 0 Å². The second-order valence-electron chi connectivity index (χ2n) is 15.5. The first-order chi connectivity index (χ1) is 29.9. The first kappa shape index (κ1) is 56.4. The van der Waals surface area contributed by atoms with Gasteiger partial charge in [-0.1, -0.05) is 20.3 Å². The molecule has 0 radical (unpaired) electrons. The van der Waals surface area contributed by atoms with Crippen LogP contribution in [-0.4, -0.2) is 171 Å². The second-order valence-corrected chi connectivity index (χ2v) is 16.5. The number of aliphatic hydroxyl groups excluding tert-OH is 2. The average molecular weight is 932 g/mol. The number of carbonyl (C=O) groups excluding carboxylic acids is 10. The fourth-order valence-electron chi connectivity index (χ4n) is 6.19. The Hall–Kier alpha value is -5.60. The SMILES string of the molecule is CC[C@H](C)[C@H](NC(=O)[C@H](C)NC(=O)[C@H](CCC(N)=O)NC(=O)[C@H](CC(N)=O)NC(=O)[C@H](C)NC(=O)[C@@H]1CCCN1C(=O)[C@@H](N)[C@@H](C)O)C(=O)N[C@@H](CO)C(=O)N[C@@H](CCSC)C(=O)O. The summed E-state index contributed by atoms with van der Waals surface area (Å²) in [6.45, 7) is 6.36. The third-order valence-electron chi connectivity index (χ3n) is 10.3. The summed E-state index contributed by atoms with van der Waals surface area (Å²) in [4.78, 5) is 142. The van der Waals surface area contributed by atoms with Gasteiger partial charge < -0.3 is 74.6 Å². The number of carboxylic acids is 1. The van der Waals surface area contributed by atoms with Gasteiger partial charge in [-0.15, -0.1) is 0 Å². The molecule has 1 fully saturated rings. The third-order valence-corrected chi connectivity index (χ3v) is 11.0. The van der Waals surface area contributed by atoms with Crippen molar-refractivity contribution in [1.29, 1.82) is 0 Å². The molecule has 0 aliphatic carbocycles. The van der Waals surface area contributed by atoms with Crippen molar-refractivity contribution in [3.8, 4) is 0 Å². The van der Waals surface area contributed by atoms with E-state index in [9.17, 15) is 68.1 Å². The van der Waals surface area contributed by atoms with E-state index in [0.717, 1.165) is 0 Å². The standard InChI is InChI=1S/C38H65N11O14S/c1-7-17(2)29(36(60)47-24(16-50)34(58)45-22(38(62)63)12-14-64-6)48-31(55)19(4)42-32(56)21(10-11-26(39)52)44-33(57)23(15-27(40)53)46-30(54)18(3)43-35(59)25-9-8-13-49(25)37(61)28(41)20(5)51/h17-25,28-29,50-51H,7-16,41H2,1-6H3,(H2,39,52)(H2,40,53)(H,42,56)(H,43,59)(H,44,57)(H,45,58)(H,46,54)(H,47,60)(H,48,55)(H,62,63)/t17-,18-,19-,20+,21-,22-,23-,24-,25-,28-,29-/m0/s1. The first-order valence-corrected chi connectivity index (χ1v) is 22.1. The van der Waals surface area contributed by atoms with Gasteiger partial charge in [-0.3, -0.25) is 47.9 Å². The number of amides is 10. The Labute approximate surface area is 374 Å². The molecule has 362 valence electrons. The van der Waals surface area contributed by atoms with E-state index in [0.29, 0.717) is 18.6 Å². The number of carboxylic acid groups (broad SMARTS) is 1. The summed E-state index contributed by atoms with van der Waals surface area (Å²) >= 11 is 1.35. The molecule has 0 unspecified atom stereocenters. The highest BCUT2D eigenvalue weighted by molar-refractivity contribution is 7.98. The van der Waals surface area contributed by atoms with Gasteiger partial charge in [0.25, 0.3) is 0 Å². The number of aliphatic hydroxyl groups is 2. The molecule has 10 amide bonds. The van der Waals surface area contributed by atoms with Gasteiger partial charge in [0.2, 0.25) is 59.1 Å². The minimum absolute atomic E-state index is 0.0663. The predicted molar refractivity (Wildman–Crippen MR) is 229 cm³/mol. The van der Waals surface area contributed by atoms with Crippen molar-refractivity contribution in [1.82, 2.24) is 42.1 Å². The summed E-state index contributed by atoms with van der Waals surface area (Å²) < 4.78 is 0. The zero-order valence-corrected chi connectivity index (χ0v) is 37.7. The highest BCUT2D eigenvalue weighted by Gasteiger charge is 2.39. The molecule has 1 rings (SSSR count). The monoisotopic (exact) mass is 931 g/mol. The number of likely N-dealkylation sites (tertiary alicyclic amines) is 1. The molecule has 11 atom stereocenters. The van der Waals surface area contributed by atoms with E-state index in [-0.39, 0.29) is 19.4 Å². The van der Waals surface area contributed by atoms with Gasteiger partial charge in [-0.2, -0.15) is 11.8 Å². The van der Waals surface area contributed by atoms with Crippen LogP contribution in [0.5, 0.6) is 0 Å². The van der Waals surface area contributed by atoms with E-state index in [1.807, 2.05) is 0 Å². The highest BCUT2D eigenvalue weighted by atomic mass is 32.2. The molecule has 0 aromatic heterocycles. The Bertz CT molecular complexity index is 1700. The highest BCUT2D eigenvalue weighted by Crippen LogP contribution is 2.19. The number of nitrogens with zero attached hydrogens (tertiary/aromatic N) is 1. The predicted octanol–water partition coefficient (Wildman–Crippen LogP) is -5.86. The molecule has 1 aliphatic rings. The maximum atomic E-state index is 13.5. The Morgan fingerprint density at radius 1 is 0.703 bits per heavy atom. The maximum absolute atomic E-state index is 13.5. The molecule has 26 heteroatoms. The number of rotatable bonds is 28. The van der Waals surface area contributed by atoms with Crippen molar-refractivity contribution >= 4 is 76.8 Å². The fourth-order valence-corrected chi connectivity index (χ4v) is 6.66. The summed E-state index contributed by atoms with van der Waals surface area (Å²) in [6, 6.07) is -12.7. The smallest absolute Gasteiger partial charge is 0.326 e. The van der Waals surface area contributed by atoms with Gasteiger partial charge in [0.05, 0.1) is 19.1 Å². The molecule has 0 saturated carbocycles. The first-order valence-electron chi connectivity index (χ1n) is 20.7. The van der Waals surface area contributed by atoms with Crippen molar-refractivity contribution in [2.24, 2.45) is 23.1 Å². The Morgan fingerprint density at radius 2 is 1.23 bits per heavy atom. The number of nitrogens with two attached hydrogens (primary N) is 3. The molecule has 25 nitrogen and oxygen atoms in total. The van der Waals surface area contributed by atoms with Crippen LogP contribution in [0.4, 0.5) is 0 Å². The molecule has 1 aliphatic heterocycles. The van der Waals surface area contributed by atoms with E-state index >= 15 is 0 Å². The van der Waals surface area contributed by atoms with Crippen LogP contribution < -0.4 is 54.4 Å². The number of hydrogen-bond acceptors (Lipinski definition) is 15. The Balaban J connectivity index is 3.13. The van der Waals surface area contributed by atoms with Crippen molar-refractivity contribution < 1.29 is 68.1 Å². The number of nitrogens with one attached hydrogen (secondary N) is 7. The Kier molecular flexibility index (Phi) is 24.3. The van der Waals surface area contributed by atoms with Gasteiger partial charge in [0.15, 0.2) is 0 Å². The van der Waals surface area contributed by atoms with Gasteiger partial charge in [0.1, 0.15) is 54.4 Å². The molecule has 16 N–H and O–H groups in total. The lowest BCUT2D eigenvalue weighted by molar-refractivity contribution is -0.142. The fraction of sp³-hybridized carbons (Fsp3) is 0.711. The largest absolute Gasteiger partial charge is 0.480 e. The molecule has 0 aromatic rings. The minimum atomic E-state index is -1.73. The van der Waals surface area contributed by atoms with Gasteiger partial charge in [-0.05, 0) is 64.4 Å². The second kappa shape index (κ2) is 27.6. The van der Waals surface area contributed by atoms with Crippen LogP contribution in [0.15, 0.2) is 0 Å². The summed E-state index contributed by atoms with van der Waals surface area (Å²) in [6.07, 6.45) is -0.0761. The van der Waals surface area contributed by atoms with Crippen LogP contribution in [0, 0.1) is 5.92 Å².